The monoisotopic (exact) mass is 393 g/mol. The second-order valence-electron chi connectivity index (χ2n) is 7.76. The van der Waals surface area contributed by atoms with Crippen molar-refractivity contribution in [3.8, 4) is 0 Å². The Morgan fingerprint density at radius 2 is 2.17 bits per heavy atom. The molecule has 4 rings (SSSR count). The van der Waals surface area contributed by atoms with Crippen molar-refractivity contribution in [2.75, 3.05) is 23.3 Å². The number of aromatic nitrogens is 2. The summed E-state index contributed by atoms with van der Waals surface area (Å²) in [6.07, 6.45) is 3.97. The van der Waals surface area contributed by atoms with Crippen molar-refractivity contribution in [3.05, 3.63) is 53.4 Å². The molecule has 0 radical (unpaired) electrons. The molecule has 0 aliphatic carbocycles. The summed E-state index contributed by atoms with van der Waals surface area (Å²) in [6, 6.07) is 7.74. The molecule has 1 aromatic heterocycles. The number of hydrogen-bond donors (Lipinski definition) is 3. The molecule has 3 N–H and O–H groups in total. The molecular weight excluding hydrogens is 366 g/mol. The number of carbonyl (C=O) groups is 1. The number of nitrogens with one attached hydrogen (secondary N) is 2. The third-order valence-electron chi connectivity index (χ3n) is 5.74. The van der Waals surface area contributed by atoms with Gasteiger partial charge in [-0.3, -0.25) is 9.69 Å². The Labute approximate surface area is 170 Å². The largest absolute Gasteiger partial charge is 0.373 e. The number of benzene rings is 1. The van der Waals surface area contributed by atoms with Gasteiger partial charge < -0.3 is 15.7 Å². The summed E-state index contributed by atoms with van der Waals surface area (Å²) in [5.74, 6) is 0.0974. The third kappa shape index (κ3) is 3.75. The predicted molar refractivity (Wildman–Crippen MR) is 113 cm³/mol. The van der Waals surface area contributed by atoms with Gasteiger partial charge in [0.2, 0.25) is 11.9 Å². The summed E-state index contributed by atoms with van der Waals surface area (Å²) in [6.45, 7) is 7.16. The predicted octanol–water partition coefficient (Wildman–Crippen LogP) is 2.64. The van der Waals surface area contributed by atoms with E-state index < -0.39 is 6.23 Å². The van der Waals surface area contributed by atoms with Gasteiger partial charge in [-0.15, -0.1) is 0 Å². The number of aliphatic hydroxyl groups is 1. The summed E-state index contributed by atoms with van der Waals surface area (Å²) in [4.78, 5) is 22.6. The quantitative estimate of drug-likeness (QED) is 0.743. The van der Waals surface area contributed by atoms with E-state index in [1.54, 1.807) is 6.20 Å². The normalized spacial score (nSPS) is 23.9. The van der Waals surface area contributed by atoms with Crippen LogP contribution < -0.4 is 15.5 Å². The van der Waals surface area contributed by atoms with Crippen LogP contribution in [-0.4, -0.2) is 40.3 Å². The van der Waals surface area contributed by atoms with E-state index in [0.29, 0.717) is 5.95 Å². The fourth-order valence-electron chi connectivity index (χ4n) is 4.16. The van der Waals surface area contributed by atoms with Gasteiger partial charge in [-0.25, -0.2) is 9.97 Å². The van der Waals surface area contributed by atoms with Crippen LogP contribution in [0.3, 0.4) is 0 Å². The summed E-state index contributed by atoms with van der Waals surface area (Å²) >= 11 is 0. The third-order valence-corrected chi connectivity index (χ3v) is 5.74. The van der Waals surface area contributed by atoms with E-state index in [4.69, 9.17) is 0 Å². The minimum atomic E-state index is -0.925. The highest BCUT2D eigenvalue weighted by atomic mass is 16.3. The number of fused-ring (bicyclic) bond motifs is 1. The number of aliphatic hydroxyl groups excluding tert-OH is 1. The fraction of sp³-hybridized carbons (Fsp3) is 0.409. The molecule has 2 aliphatic rings. The summed E-state index contributed by atoms with van der Waals surface area (Å²) < 4.78 is 0. The molecule has 29 heavy (non-hydrogen) atoms. The zero-order valence-corrected chi connectivity index (χ0v) is 17.0. The molecule has 7 heteroatoms. The molecule has 2 aliphatic heterocycles. The number of aryl methyl sites for hydroxylation is 1. The van der Waals surface area contributed by atoms with Crippen molar-refractivity contribution in [1.82, 2.24) is 15.3 Å². The minimum Gasteiger partial charge on any atom is -0.373 e. The molecule has 1 aromatic carbocycles. The van der Waals surface area contributed by atoms with Gasteiger partial charge in [0.1, 0.15) is 6.23 Å². The number of anilines is 2. The SMILES string of the molecule is CC(=O)N1c2ccc(C3=CCNCC3)cc2[C@H](Nc2nccc(C)n2)[C@@H](C)[C@@H]1O. The van der Waals surface area contributed by atoms with E-state index in [2.05, 4.69) is 32.7 Å². The molecule has 0 saturated heterocycles. The number of hydrogen-bond acceptors (Lipinski definition) is 6. The lowest BCUT2D eigenvalue weighted by molar-refractivity contribution is -0.119. The molecule has 0 saturated carbocycles. The van der Waals surface area contributed by atoms with Gasteiger partial charge in [-0.1, -0.05) is 19.1 Å². The average molecular weight is 393 g/mol. The van der Waals surface area contributed by atoms with Crippen LogP contribution in [-0.2, 0) is 4.79 Å². The molecule has 0 spiro atoms. The topological polar surface area (TPSA) is 90.4 Å². The summed E-state index contributed by atoms with van der Waals surface area (Å²) in [7, 11) is 0. The van der Waals surface area contributed by atoms with Crippen LogP contribution in [0.15, 0.2) is 36.5 Å². The molecular formula is C22H27N5O2. The first-order chi connectivity index (χ1) is 14.0. The molecule has 0 bridgehead atoms. The molecule has 152 valence electrons. The number of amides is 1. The van der Waals surface area contributed by atoms with E-state index in [1.807, 2.05) is 32.0 Å². The molecule has 3 heterocycles. The zero-order chi connectivity index (χ0) is 20.5. The highest BCUT2D eigenvalue weighted by Crippen LogP contribution is 2.42. The molecule has 0 fully saturated rings. The van der Waals surface area contributed by atoms with Gasteiger partial charge in [-0.05, 0) is 54.8 Å². The minimum absolute atomic E-state index is 0.176. The fourth-order valence-corrected chi connectivity index (χ4v) is 4.16. The van der Waals surface area contributed by atoms with Crippen molar-refractivity contribution >= 4 is 23.1 Å². The Bertz CT molecular complexity index is 958. The standard InChI is InChI=1S/C22H27N5O2/c1-13-6-11-24-22(25-13)26-20-14(2)21(29)27(15(3)28)19-5-4-17(12-18(19)20)16-7-9-23-10-8-16/h4-7,11-12,14,20-21,23,29H,8-10H2,1-3H3,(H,24,25,26)/t14-,20-,21+/m1/s1. The van der Waals surface area contributed by atoms with Crippen LogP contribution in [0.25, 0.3) is 5.57 Å². The van der Waals surface area contributed by atoms with Crippen LogP contribution in [0.4, 0.5) is 11.6 Å². The molecule has 7 nitrogen and oxygen atoms in total. The summed E-state index contributed by atoms with van der Waals surface area (Å²) in [5, 5.41) is 17.6. The highest BCUT2D eigenvalue weighted by molar-refractivity contribution is 5.94. The van der Waals surface area contributed by atoms with Crippen LogP contribution in [0.1, 0.15) is 43.1 Å². The van der Waals surface area contributed by atoms with Crippen LogP contribution >= 0.6 is 0 Å². The van der Waals surface area contributed by atoms with Crippen LogP contribution in [0.2, 0.25) is 0 Å². The smallest absolute Gasteiger partial charge is 0.225 e. The number of rotatable bonds is 3. The lowest BCUT2D eigenvalue weighted by Gasteiger charge is -2.42. The summed E-state index contributed by atoms with van der Waals surface area (Å²) in [5.41, 5.74) is 5.01. The average Bonchev–Trinajstić information content (AvgIpc) is 2.72. The first-order valence-corrected chi connectivity index (χ1v) is 10.0. The Morgan fingerprint density at radius 1 is 1.34 bits per heavy atom. The van der Waals surface area contributed by atoms with E-state index in [1.165, 1.54) is 17.4 Å². The van der Waals surface area contributed by atoms with Crippen molar-refractivity contribution in [2.45, 2.75) is 39.5 Å². The molecule has 2 aromatic rings. The lowest BCUT2D eigenvalue weighted by Crippen LogP contribution is -2.50. The lowest BCUT2D eigenvalue weighted by atomic mass is 9.84. The van der Waals surface area contributed by atoms with Crippen molar-refractivity contribution in [1.29, 1.82) is 0 Å². The maximum atomic E-state index is 12.3. The van der Waals surface area contributed by atoms with E-state index in [-0.39, 0.29) is 17.9 Å². The van der Waals surface area contributed by atoms with Crippen LogP contribution in [0, 0.1) is 12.8 Å². The Kier molecular flexibility index (Phi) is 5.34. The molecule has 3 atom stereocenters. The maximum absolute atomic E-state index is 12.3. The highest BCUT2D eigenvalue weighted by Gasteiger charge is 2.40. The zero-order valence-electron chi connectivity index (χ0n) is 17.0. The van der Waals surface area contributed by atoms with E-state index in [0.717, 1.165) is 42.0 Å². The second-order valence-corrected chi connectivity index (χ2v) is 7.76. The van der Waals surface area contributed by atoms with Gasteiger partial charge >= 0.3 is 0 Å². The Morgan fingerprint density at radius 3 is 2.86 bits per heavy atom. The molecule has 1 amide bonds. The van der Waals surface area contributed by atoms with Gasteiger partial charge in [0.25, 0.3) is 0 Å². The maximum Gasteiger partial charge on any atom is 0.225 e. The van der Waals surface area contributed by atoms with Gasteiger partial charge in [0.05, 0.1) is 11.7 Å². The van der Waals surface area contributed by atoms with Crippen molar-refractivity contribution in [2.24, 2.45) is 5.92 Å². The van der Waals surface area contributed by atoms with E-state index >= 15 is 0 Å². The number of nitrogens with zero attached hydrogens (tertiary/aromatic N) is 3. The first-order valence-electron chi connectivity index (χ1n) is 10.0. The Balaban J connectivity index is 1.80. The first kappa shape index (κ1) is 19.5. The van der Waals surface area contributed by atoms with Gasteiger partial charge in [0.15, 0.2) is 0 Å². The second kappa shape index (κ2) is 7.93. The van der Waals surface area contributed by atoms with Crippen molar-refractivity contribution < 1.29 is 9.90 Å². The molecule has 0 unspecified atom stereocenters. The van der Waals surface area contributed by atoms with Crippen molar-refractivity contribution in [3.63, 3.8) is 0 Å². The van der Waals surface area contributed by atoms with Gasteiger partial charge in [0, 0.05) is 31.3 Å². The van der Waals surface area contributed by atoms with E-state index in [9.17, 15) is 9.90 Å². The van der Waals surface area contributed by atoms with Crippen LogP contribution in [0.5, 0.6) is 0 Å². The number of carbonyl (C=O) groups excluding carboxylic acids is 1. The Hall–Kier alpha value is -2.77. The van der Waals surface area contributed by atoms with Gasteiger partial charge in [-0.2, -0.15) is 0 Å².